The average Bonchev–Trinajstić information content (AvgIpc) is 2.91. The first-order valence-corrected chi connectivity index (χ1v) is 6.27. The number of amides is 1. The molecule has 1 atom stereocenters. The van der Waals surface area contributed by atoms with Crippen molar-refractivity contribution in [3.05, 3.63) is 21.9 Å². The van der Waals surface area contributed by atoms with Crippen LogP contribution in [0, 0.1) is 0 Å². The summed E-state index contributed by atoms with van der Waals surface area (Å²) in [5.41, 5.74) is -1.19. The maximum Gasteiger partial charge on any atom is 0.331 e. The van der Waals surface area contributed by atoms with E-state index in [-0.39, 0.29) is 28.9 Å². The quantitative estimate of drug-likeness (QED) is 0.882. The number of rotatable bonds is 3. The van der Waals surface area contributed by atoms with Crippen LogP contribution in [0.3, 0.4) is 0 Å². The fourth-order valence-corrected chi connectivity index (χ4v) is 2.30. The summed E-state index contributed by atoms with van der Waals surface area (Å²) in [6.45, 7) is 0.237. The predicted molar refractivity (Wildman–Crippen MR) is 68.7 cm³/mol. The fourth-order valence-electron chi connectivity index (χ4n) is 1.93. The maximum absolute atomic E-state index is 12.1. The molecule has 1 amide bonds. The molecule has 6 nitrogen and oxygen atoms in total. The monoisotopic (exact) mass is 306 g/mol. The lowest BCUT2D eigenvalue weighted by Crippen LogP contribution is -2.55. The SMILES string of the molecule is Cn1c(C(=O)NC2(C(=O)O)CCOC2)cc(Cl)c1Cl. The molecule has 8 heteroatoms. The van der Waals surface area contributed by atoms with E-state index in [4.69, 9.17) is 27.9 Å². The van der Waals surface area contributed by atoms with Gasteiger partial charge in [-0.25, -0.2) is 4.79 Å². The Kier molecular flexibility index (Phi) is 3.75. The van der Waals surface area contributed by atoms with Gasteiger partial charge >= 0.3 is 5.97 Å². The molecule has 19 heavy (non-hydrogen) atoms. The summed E-state index contributed by atoms with van der Waals surface area (Å²) in [6, 6.07) is 1.39. The Bertz CT molecular complexity index is 535. The number of carbonyl (C=O) groups is 2. The summed E-state index contributed by atoms with van der Waals surface area (Å²) in [4.78, 5) is 23.4. The minimum Gasteiger partial charge on any atom is -0.479 e. The third-order valence-electron chi connectivity index (χ3n) is 3.13. The third kappa shape index (κ3) is 2.43. The van der Waals surface area contributed by atoms with E-state index in [9.17, 15) is 14.7 Å². The van der Waals surface area contributed by atoms with Crippen LogP contribution in [-0.4, -0.2) is 40.3 Å². The van der Waals surface area contributed by atoms with E-state index in [0.717, 1.165) is 0 Å². The van der Waals surface area contributed by atoms with Crippen LogP contribution in [-0.2, 0) is 16.6 Å². The largest absolute Gasteiger partial charge is 0.479 e. The Balaban J connectivity index is 2.25. The average molecular weight is 307 g/mol. The molecule has 0 spiro atoms. The molecule has 2 rings (SSSR count). The molecule has 104 valence electrons. The summed E-state index contributed by atoms with van der Waals surface area (Å²) < 4.78 is 6.46. The first kappa shape index (κ1) is 14.2. The zero-order valence-electron chi connectivity index (χ0n) is 10.1. The van der Waals surface area contributed by atoms with Gasteiger partial charge in [-0.3, -0.25) is 4.79 Å². The molecule has 1 unspecified atom stereocenters. The van der Waals surface area contributed by atoms with Crippen molar-refractivity contribution in [2.24, 2.45) is 7.05 Å². The second-order valence-electron chi connectivity index (χ2n) is 4.37. The Hall–Kier alpha value is -1.24. The van der Waals surface area contributed by atoms with E-state index in [1.54, 1.807) is 7.05 Å². The lowest BCUT2D eigenvalue weighted by Gasteiger charge is -2.23. The molecule has 0 aliphatic carbocycles. The van der Waals surface area contributed by atoms with Crippen molar-refractivity contribution < 1.29 is 19.4 Å². The molecule has 0 radical (unpaired) electrons. The molecule has 1 aliphatic heterocycles. The molecule has 1 aromatic rings. The second kappa shape index (κ2) is 5.03. The Morgan fingerprint density at radius 1 is 1.53 bits per heavy atom. The van der Waals surface area contributed by atoms with Gasteiger partial charge in [-0.1, -0.05) is 23.2 Å². The molecule has 1 aliphatic rings. The third-order valence-corrected chi connectivity index (χ3v) is 3.97. The molecule has 2 heterocycles. The van der Waals surface area contributed by atoms with Crippen LogP contribution < -0.4 is 5.32 Å². The predicted octanol–water partition coefficient (Wildman–Crippen LogP) is 1.31. The standard InChI is InChI=1S/C11H12Cl2N2O4/c1-15-7(4-6(12)8(15)13)9(16)14-11(10(17)18)2-3-19-5-11/h4H,2-3,5H2,1H3,(H,14,16)(H,17,18). The van der Waals surface area contributed by atoms with Gasteiger partial charge in [-0.2, -0.15) is 0 Å². The highest BCUT2D eigenvalue weighted by atomic mass is 35.5. The summed E-state index contributed by atoms with van der Waals surface area (Å²) in [5, 5.41) is 12.2. The van der Waals surface area contributed by atoms with Gasteiger partial charge in [0.1, 0.15) is 10.8 Å². The lowest BCUT2D eigenvalue weighted by molar-refractivity contribution is -0.144. The van der Waals surface area contributed by atoms with Crippen LogP contribution in [0.4, 0.5) is 0 Å². The van der Waals surface area contributed by atoms with Crippen molar-refractivity contribution in [2.45, 2.75) is 12.0 Å². The number of hydrogen-bond acceptors (Lipinski definition) is 3. The molecule has 0 aromatic carbocycles. The Morgan fingerprint density at radius 3 is 2.63 bits per heavy atom. The molecule has 2 N–H and O–H groups in total. The van der Waals surface area contributed by atoms with Gasteiger partial charge in [0.25, 0.3) is 5.91 Å². The summed E-state index contributed by atoms with van der Waals surface area (Å²) >= 11 is 11.7. The zero-order chi connectivity index (χ0) is 14.2. The minimum atomic E-state index is -1.39. The number of hydrogen-bond donors (Lipinski definition) is 2. The van der Waals surface area contributed by atoms with Crippen molar-refractivity contribution >= 4 is 35.1 Å². The van der Waals surface area contributed by atoms with Crippen LogP contribution in [0.15, 0.2) is 6.07 Å². The molecule has 1 fully saturated rings. The van der Waals surface area contributed by atoms with Crippen LogP contribution in [0.25, 0.3) is 0 Å². The molecular formula is C11H12Cl2N2O4. The van der Waals surface area contributed by atoms with Gasteiger partial charge in [0.15, 0.2) is 5.54 Å². The number of halogens is 2. The van der Waals surface area contributed by atoms with E-state index < -0.39 is 17.4 Å². The number of aromatic nitrogens is 1. The number of carboxylic acid groups (broad SMARTS) is 1. The van der Waals surface area contributed by atoms with E-state index in [0.29, 0.717) is 6.61 Å². The van der Waals surface area contributed by atoms with Crippen molar-refractivity contribution in [3.63, 3.8) is 0 Å². The van der Waals surface area contributed by atoms with Crippen LogP contribution in [0.2, 0.25) is 10.2 Å². The number of ether oxygens (including phenoxy) is 1. The number of carbonyl (C=O) groups excluding carboxylic acids is 1. The van der Waals surface area contributed by atoms with Gasteiger partial charge in [0, 0.05) is 20.1 Å². The van der Waals surface area contributed by atoms with Gasteiger partial charge in [0.05, 0.1) is 11.6 Å². The van der Waals surface area contributed by atoms with Crippen molar-refractivity contribution in [3.8, 4) is 0 Å². The molecular weight excluding hydrogens is 295 g/mol. The van der Waals surface area contributed by atoms with E-state index >= 15 is 0 Å². The summed E-state index contributed by atoms with van der Waals surface area (Å²) in [6.07, 6.45) is 0.222. The highest BCUT2D eigenvalue weighted by Gasteiger charge is 2.44. The van der Waals surface area contributed by atoms with E-state index in [1.807, 2.05) is 0 Å². The van der Waals surface area contributed by atoms with Crippen molar-refractivity contribution in [2.75, 3.05) is 13.2 Å². The Morgan fingerprint density at radius 2 is 2.21 bits per heavy atom. The number of carboxylic acids is 1. The highest BCUT2D eigenvalue weighted by Crippen LogP contribution is 2.26. The molecule has 0 bridgehead atoms. The van der Waals surface area contributed by atoms with Crippen LogP contribution >= 0.6 is 23.2 Å². The number of nitrogens with one attached hydrogen (secondary N) is 1. The second-order valence-corrected chi connectivity index (χ2v) is 5.14. The molecule has 1 aromatic heterocycles. The van der Waals surface area contributed by atoms with Gasteiger partial charge in [0.2, 0.25) is 0 Å². The summed E-state index contributed by atoms with van der Waals surface area (Å²) in [7, 11) is 1.57. The van der Waals surface area contributed by atoms with E-state index in [1.165, 1.54) is 10.6 Å². The summed E-state index contributed by atoms with van der Waals surface area (Å²) in [5.74, 6) is -1.67. The smallest absolute Gasteiger partial charge is 0.331 e. The van der Waals surface area contributed by atoms with E-state index in [2.05, 4.69) is 5.32 Å². The maximum atomic E-state index is 12.1. The molecule has 1 saturated heterocycles. The topological polar surface area (TPSA) is 80.6 Å². The fraction of sp³-hybridized carbons (Fsp3) is 0.455. The van der Waals surface area contributed by atoms with Gasteiger partial charge in [-0.05, 0) is 6.07 Å². The number of aliphatic carboxylic acids is 1. The lowest BCUT2D eigenvalue weighted by atomic mass is 9.99. The highest BCUT2D eigenvalue weighted by molar-refractivity contribution is 6.41. The normalized spacial score (nSPS) is 22.5. The first-order chi connectivity index (χ1) is 8.87. The first-order valence-electron chi connectivity index (χ1n) is 5.52. The van der Waals surface area contributed by atoms with Gasteiger partial charge < -0.3 is 19.7 Å². The van der Waals surface area contributed by atoms with Crippen molar-refractivity contribution in [1.82, 2.24) is 9.88 Å². The molecule has 0 saturated carbocycles. The van der Waals surface area contributed by atoms with Gasteiger partial charge in [-0.15, -0.1) is 0 Å². The zero-order valence-corrected chi connectivity index (χ0v) is 11.6. The van der Waals surface area contributed by atoms with Crippen LogP contribution in [0.1, 0.15) is 16.9 Å². The van der Waals surface area contributed by atoms with Crippen molar-refractivity contribution in [1.29, 1.82) is 0 Å². The number of nitrogens with zero attached hydrogens (tertiary/aromatic N) is 1. The Labute approximate surface area is 119 Å². The van der Waals surface area contributed by atoms with Crippen LogP contribution in [0.5, 0.6) is 0 Å². The minimum absolute atomic E-state index is 0.0556.